The number of urea groups is 1. The lowest BCUT2D eigenvalue weighted by Gasteiger charge is -2.38. The second-order valence-corrected chi connectivity index (χ2v) is 8.75. The molecule has 32 heavy (non-hydrogen) atoms. The molecular weight excluding hydrogens is 440 g/mol. The van der Waals surface area contributed by atoms with Crippen LogP contribution in [0.4, 0.5) is 4.79 Å². The standard InChI is InChI=1S/C20H24N4O7S/c1-21-20(26)23-11-12-24(18(13-23)19(25)22-27)32(28,29)17-9-7-16(8-10-17)31-15-5-3-14(30-2)4-6-15/h3-10,18,27H,11-13H2,1-2H3,(H,21,26)(H,22,25). The third kappa shape index (κ3) is 4.93. The summed E-state index contributed by atoms with van der Waals surface area (Å²) >= 11 is 0. The highest BCUT2D eigenvalue weighted by molar-refractivity contribution is 7.89. The lowest BCUT2D eigenvalue weighted by molar-refractivity contribution is -0.134. The van der Waals surface area contributed by atoms with Crippen molar-refractivity contribution in [1.82, 2.24) is 20.0 Å². The summed E-state index contributed by atoms with van der Waals surface area (Å²) < 4.78 is 38.2. The fraction of sp³-hybridized carbons (Fsp3) is 0.300. The highest BCUT2D eigenvalue weighted by Gasteiger charge is 2.41. The van der Waals surface area contributed by atoms with Gasteiger partial charge in [0.1, 0.15) is 23.3 Å². The van der Waals surface area contributed by atoms with E-state index in [0.717, 1.165) is 4.31 Å². The first-order valence-corrected chi connectivity index (χ1v) is 11.1. The quantitative estimate of drug-likeness (QED) is 0.428. The Morgan fingerprint density at radius 3 is 2.09 bits per heavy atom. The molecule has 1 aliphatic heterocycles. The van der Waals surface area contributed by atoms with Crippen LogP contribution in [-0.4, -0.2) is 74.6 Å². The van der Waals surface area contributed by atoms with Crippen LogP contribution in [0, 0.1) is 0 Å². The second kappa shape index (κ2) is 9.85. The number of nitrogens with one attached hydrogen (secondary N) is 2. The molecule has 1 heterocycles. The Hall–Kier alpha value is -3.35. The number of amides is 3. The van der Waals surface area contributed by atoms with Crippen molar-refractivity contribution in [2.24, 2.45) is 0 Å². The first-order valence-electron chi connectivity index (χ1n) is 9.64. The molecule has 0 saturated carbocycles. The van der Waals surface area contributed by atoms with E-state index in [9.17, 15) is 18.0 Å². The number of nitrogens with zero attached hydrogens (tertiary/aromatic N) is 2. The van der Waals surface area contributed by atoms with Crippen LogP contribution in [0.3, 0.4) is 0 Å². The van der Waals surface area contributed by atoms with Crippen molar-refractivity contribution in [1.29, 1.82) is 0 Å². The van der Waals surface area contributed by atoms with Gasteiger partial charge in [-0.3, -0.25) is 10.0 Å². The van der Waals surface area contributed by atoms with Gasteiger partial charge in [0.15, 0.2) is 0 Å². The normalized spacial score (nSPS) is 16.8. The predicted octanol–water partition coefficient (Wildman–Crippen LogP) is 1.01. The average molecular weight is 465 g/mol. The van der Waals surface area contributed by atoms with Crippen LogP contribution in [0.2, 0.25) is 0 Å². The van der Waals surface area contributed by atoms with Crippen LogP contribution < -0.4 is 20.3 Å². The van der Waals surface area contributed by atoms with E-state index in [2.05, 4.69) is 5.32 Å². The summed E-state index contributed by atoms with van der Waals surface area (Å²) in [5, 5.41) is 11.5. The largest absolute Gasteiger partial charge is 0.497 e. The van der Waals surface area contributed by atoms with Crippen LogP contribution in [-0.2, 0) is 14.8 Å². The minimum absolute atomic E-state index is 0.0521. The molecule has 1 aliphatic rings. The number of benzene rings is 2. The summed E-state index contributed by atoms with van der Waals surface area (Å²) in [7, 11) is -1.10. The molecule has 3 N–H and O–H groups in total. The number of carbonyl (C=O) groups is 2. The molecule has 3 amide bonds. The zero-order valence-electron chi connectivity index (χ0n) is 17.5. The summed E-state index contributed by atoms with van der Waals surface area (Å²) in [6.07, 6.45) is 0. The molecule has 2 aromatic carbocycles. The summed E-state index contributed by atoms with van der Waals surface area (Å²) in [6, 6.07) is 10.9. The van der Waals surface area contributed by atoms with Crippen molar-refractivity contribution < 1.29 is 32.7 Å². The van der Waals surface area contributed by atoms with Gasteiger partial charge in [-0.25, -0.2) is 18.7 Å². The molecule has 1 atom stereocenters. The predicted molar refractivity (Wildman–Crippen MR) is 113 cm³/mol. The van der Waals surface area contributed by atoms with Crippen LogP contribution in [0.5, 0.6) is 17.2 Å². The number of methoxy groups -OCH3 is 1. The van der Waals surface area contributed by atoms with Crippen molar-refractivity contribution in [3.63, 3.8) is 0 Å². The van der Waals surface area contributed by atoms with Crippen molar-refractivity contribution in [2.45, 2.75) is 10.9 Å². The third-order valence-electron chi connectivity index (χ3n) is 4.97. The molecule has 0 bridgehead atoms. The minimum atomic E-state index is -4.09. The Labute approximate surface area is 185 Å². The Bertz CT molecular complexity index is 1060. The van der Waals surface area contributed by atoms with Gasteiger partial charge < -0.3 is 19.7 Å². The van der Waals surface area contributed by atoms with Crippen LogP contribution in [0.15, 0.2) is 53.4 Å². The highest BCUT2D eigenvalue weighted by Crippen LogP contribution is 2.27. The van der Waals surface area contributed by atoms with Crippen molar-refractivity contribution in [2.75, 3.05) is 33.8 Å². The van der Waals surface area contributed by atoms with Gasteiger partial charge >= 0.3 is 6.03 Å². The van der Waals surface area contributed by atoms with Crippen LogP contribution in [0.1, 0.15) is 0 Å². The van der Waals surface area contributed by atoms with E-state index >= 15 is 0 Å². The summed E-state index contributed by atoms with van der Waals surface area (Å²) in [5.41, 5.74) is 1.48. The molecule has 3 rings (SSSR count). The number of hydrogen-bond donors (Lipinski definition) is 3. The molecule has 12 heteroatoms. The zero-order chi connectivity index (χ0) is 23.3. The highest BCUT2D eigenvalue weighted by atomic mass is 32.2. The maximum absolute atomic E-state index is 13.2. The van der Waals surface area contributed by atoms with Crippen molar-refractivity contribution in [3.8, 4) is 17.2 Å². The molecule has 0 aromatic heterocycles. The Morgan fingerprint density at radius 2 is 1.56 bits per heavy atom. The number of ether oxygens (including phenoxy) is 2. The molecule has 172 valence electrons. The minimum Gasteiger partial charge on any atom is -0.497 e. The van der Waals surface area contributed by atoms with Gasteiger partial charge in [0.25, 0.3) is 5.91 Å². The third-order valence-corrected chi connectivity index (χ3v) is 6.89. The lowest BCUT2D eigenvalue weighted by Crippen LogP contribution is -2.62. The van der Waals surface area contributed by atoms with Crippen molar-refractivity contribution in [3.05, 3.63) is 48.5 Å². The first-order chi connectivity index (χ1) is 15.3. The SMILES string of the molecule is CNC(=O)N1CCN(S(=O)(=O)c2ccc(Oc3ccc(OC)cc3)cc2)C(C(=O)NO)C1. The number of sulfonamides is 1. The molecular formula is C20H24N4O7S. The first kappa shape index (κ1) is 23.3. The van der Waals surface area contributed by atoms with Gasteiger partial charge in [-0.15, -0.1) is 0 Å². The van der Waals surface area contributed by atoms with E-state index in [4.69, 9.17) is 14.7 Å². The molecule has 1 unspecified atom stereocenters. The Morgan fingerprint density at radius 1 is 1.00 bits per heavy atom. The van der Waals surface area contributed by atoms with Crippen molar-refractivity contribution >= 4 is 22.0 Å². The van der Waals surface area contributed by atoms with E-state index in [1.165, 1.54) is 41.7 Å². The van der Waals surface area contributed by atoms with Crippen LogP contribution >= 0.6 is 0 Å². The van der Waals surface area contributed by atoms with E-state index in [0.29, 0.717) is 17.2 Å². The van der Waals surface area contributed by atoms with E-state index in [1.807, 2.05) is 0 Å². The Balaban J connectivity index is 1.79. The summed E-state index contributed by atoms with van der Waals surface area (Å²) in [6.45, 7) is -0.228. The topological polar surface area (TPSA) is 138 Å². The molecule has 1 saturated heterocycles. The molecule has 1 fully saturated rings. The smallest absolute Gasteiger partial charge is 0.317 e. The number of hydrogen-bond acceptors (Lipinski definition) is 7. The molecule has 0 spiro atoms. The number of rotatable bonds is 6. The zero-order valence-corrected chi connectivity index (χ0v) is 18.3. The summed E-state index contributed by atoms with van der Waals surface area (Å²) in [4.78, 5) is 25.3. The maximum atomic E-state index is 13.2. The molecule has 0 radical (unpaired) electrons. The lowest BCUT2D eigenvalue weighted by atomic mass is 10.2. The van der Waals surface area contributed by atoms with Gasteiger partial charge in [0.2, 0.25) is 10.0 Å². The van der Waals surface area contributed by atoms with Gasteiger partial charge in [0.05, 0.1) is 12.0 Å². The van der Waals surface area contributed by atoms with Gasteiger partial charge in [-0.05, 0) is 48.5 Å². The summed E-state index contributed by atoms with van der Waals surface area (Å²) in [5.74, 6) is 0.716. The number of hydroxylamine groups is 1. The van der Waals surface area contributed by atoms with E-state index < -0.39 is 28.0 Å². The van der Waals surface area contributed by atoms with Gasteiger partial charge in [0, 0.05) is 26.7 Å². The fourth-order valence-electron chi connectivity index (χ4n) is 3.28. The molecule has 11 nitrogen and oxygen atoms in total. The fourth-order valence-corrected chi connectivity index (χ4v) is 4.85. The second-order valence-electron chi connectivity index (χ2n) is 6.86. The average Bonchev–Trinajstić information content (AvgIpc) is 2.83. The maximum Gasteiger partial charge on any atom is 0.317 e. The molecule has 2 aromatic rings. The van der Waals surface area contributed by atoms with E-state index in [1.54, 1.807) is 31.4 Å². The van der Waals surface area contributed by atoms with Crippen LogP contribution in [0.25, 0.3) is 0 Å². The number of piperazine rings is 1. The van der Waals surface area contributed by atoms with Gasteiger partial charge in [-0.1, -0.05) is 0 Å². The van der Waals surface area contributed by atoms with E-state index in [-0.39, 0.29) is 24.5 Å². The Kier molecular flexibility index (Phi) is 7.18. The van der Waals surface area contributed by atoms with Gasteiger partial charge in [-0.2, -0.15) is 4.31 Å². The monoisotopic (exact) mass is 464 g/mol. The molecule has 0 aliphatic carbocycles. The number of carbonyl (C=O) groups excluding carboxylic acids is 2.